The average Bonchev–Trinajstić information content (AvgIpc) is 2.90. The standard InChI is InChI=1S/C14H16N6/c1-8-7-17-14(20-13(8)15)18-9(2)10-3-4-11-12(19-10)5-6-16-11/h3-7,9,16H,1-2H3,(H3,15,17,18,20)/t9-/m0/s1. The first-order valence-corrected chi connectivity index (χ1v) is 6.43. The molecule has 0 aliphatic heterocycles. The molecule has 102 valence electrons. The SMILES string of the molecule is Cc1cnc(N[C@@H](C)c2ccc3[nH]ccc3n2)nc1N. The molecular formula is C14H16N6. The molecule has 0 aliphatic carbocycles. The summed E-state index contributed by atoms with van der Waals surface area (Å²) in [5, 5.41) is 3.21. The van der Waals surface area contributed by atoms with Gasteiger partial charge in [-0.15, -0.1) is 0 Å². The van der Waals surface area contributed by atoms with E-state index in [-0.39, 0.29) is 6.04 Å². The van der Waals surface area contributed by atoms with Crippen LogP contribution in [-0.2, 0) is 0 Å². The van der Waals surface area contributed by atoms with Crippen LogP contribution in [0.1, 0.15) is 24.2 Å². The van der Waals surface area contributed by atoms with E-state index in [0.717, 1.165) is 22.3 Å². The summed E-state index contributed by atoms with van der Waals surface area (Å²) >= 11 is 0. The fourth-order valence-electron chi connectivity index (χ4n) is 1.98. The number of anilines is 2. The molecule has 0 aliphatic rings. The van der Waals surface area contributed by atoms with E-state index < -0.39 is 0 Å². The van der Waals surface area contributed by atoms with Gasteiger partial charge in [0.15, 0.2) is 0 Å². The molecule has 0 bridgehead atoms. The molecule has 6 nitrogen and oxygen atoms in total. The van der Waals surface area contributed by atoms with Gasteiger partial charge in [0.2, 0.25) is 5.95 Å². The Morgan fingerprint density at radius 3 is 2.90 bits per heavy atom. The van der Waals surface area contributed by atoms with Crippen molar-refractivity contribution in [3.05, 3.63) is 41.9 Å². The number of hydrogen-bond donors (Lipinski definition) is 3. The van der Waals surface area contributed by atoms with E-state index in [2.05, 4.69) is 25.3 Å². The molecule has 0 spiro atoms. The summed E-state index contributed by atoms with van der Waals surface area (Å²) in [6, 6.07) is 5.94. The van der Waals surface area contributed by atoms with E-state index in [1.54, 1.807) is 6.20 Å². The van der Waals surface area contributed by atoms with Gasteiger partial charge in [0.1, 0.15) is 5.82 Å². The third kappa shape index (κ3) is 2.27. The van der Waals surface area contributed by atoms with E-state index in [1.165, 1.54) is 0 Å². The highest BCUT2D eigenvalue weighted by Crippen LogP contribution is 2.19. The first-order chi connectivity index (χ1) is 9.63. The molecule has 3 aromatic heterocycles. The molecule has 3 rings (SSSR count). The van der Waals surface area contributed by atoms with Crippen LogP contribution < -0.4 is 11.1 Å². The van der Waals surface area contributed by atoms with Gasteiger partial charge in [0, 0.05) is 18.0 Å². The van der Waals surface area contributed by atoms with Gasteiger partial charge in [0.05, 0.1) is 22.8 Å². The van der Waals surface area contributed by atoms with E-state index in [1.807, 2.05) is 38.2 Å². The molecular weight excluding hydrogens is 252 g/mol. The molecule has 0 fully saturated rings. The van der Waals surface area contributed by atoms with Gasteiger partial charge < -0.3 is 16.0 Å². The van der Waals surface area contributed by atoms with Crippen molar-refractivity contribution in [2.75, 3.05) is 11.1 Å². The van der Waals surface area contributed by atoms with Crippen molar-refractivity contribution in [2.45, 2.75) is 19.9 Å². The highest BCUT2D eigenvalue weighted by molar-refractivity contribution is 5.74. The number of aryl methyl sites for hydroxylation is 1. The number of aromatic amines is 1. The van der Waals surface area contributed by atoms with Crippen molar-refractivity contribution in [1.29, 1.82) is 0 Å². The van der Waals surface area contributed by atoms with Gasteiger partial charge in [-0.1, -0.05) is 0 Å². The Kier molecular flexibility index (Phi) is 2.98. The van der Waals surface area contributed by atoms with Crippen molar-refractivity contribution < 1.29 is 0 Å². The zero-order valence-electron chi connectivity index (χ0n) is 11.4. The molecule has 0 saturated heterocycles. The Bertz CT molecular complexity index is 748. The number of fused-ring (bicyclic) bond motifs is 1. The van der Waals surface area contributed by atoms with Crippen LogP contribution in [-0.4, -0.2) is 19.9 Å². The maximum atomic E-state index is 5.78. The van der Waals surface area contributed by atoms with Gasteiger partial charge in [-0.05, 0) is 32.0 Å². The van der Waals surface area contributed by atoms with E-state index in [0.29, 0.717) is 11.8 Å². The number of rotatable bonds is 3. The summed E-state index contributed by atoms with van der Waals surface area (Å²) in [5.74, 6) is 1.00. The van der Waals surface area contributed by atoms with Crippen LogP contribution in [0.4, 0.5) is 11.8 Å². The largest absolute Gasteiger partial charge is 0.383 e. The molecule has 0 aromatic carbocycles. The maximum Gasteiger partial charge on any atom is 0.225 e. The zero-order chi connectivity index (χ0) is 14.1. The van der Waals surface area contributed by atoms with Crippen LogP contribution in [0.2, 0.25) is 0 Å². The van der Waals surface area contributed by atoms with Crippen molar-refractivity contribution in [3.8, 4) is 0 Å². The second kappa shape index (κ2) is 4.80. The third-order valence-electron chi connectivity index (χ3n) is 3.23. The topological polar surface area (TPSA) is 92.5 Å². The molecule has 0 saturated carbocycles. The minimum atomic E-state index is -0.00333. The molecule has 0 radical (unpaired) electrons. The van der Waals surface area contributed by atoms with Crippen molar-refractivity contribution in [2.24, 2.45) is 0 Å². The number of hydrogen-bond acceptors (Lipinski definition) is 5. The van der Waals surface area contributed by atoms with Crippen LogP contribution in [0.25, 0.3) is 11.0 Å². The van der Waals surface area contributed by atoms with Crippen LogP contribution in [0.3, 0.4) is 0 Å². The number of H-pyrrole nitrogens is 1. The van der Waals surface area contributed by atoms with Crippen LogP contribution in [0.15, 0.2) is 30.6 Å². The molecule has 20 heavy (non-hydrogen) atoms. The maximum absolute atomic E-state index is 5.78. The summed E-state index contributed by atoms with van der Waals surface area (Å²) in [7, 11) is 0. The number of pyridine rings is 1. The quantitative estimate of drug-likeness (QED) is 0.678. The predicted octanol–water partition coefficient (Wildman–Crippen LogP) is 2.42. The monoisotopic (exact) mass is 268 g/mol. The molecule has 4 N–H and O–H groups in total. The molecule has 3 aromatic rings. The van der Waals surface area contributed by atoms with Gasteiger partial charge in [0.25, 0.3) is 0 Å². The van der Waals surface area contributed by atoms with Crippen LogP contribution in [0, 0.1) is 6.92 Å². The molecule has 3 heterocycles. The molecule has 0 unspecified atom stereocenters. The van der Waals surface area contributed by atoms with E-state index >= 15 is 0 Å². The minimum absolute atomic E-state index is 0.00333. The van der Waals surface area contributed by atoms with Gasteiger partial charge >= 0.3 is 0 Å². The average molecular weight is 268 g/mol. The van der Waals surface area contributed by atoms with Crippen molar-refractivity contribution in [1.82, 2.24) is 19.9 Å². The summed E-state index contributed by atoms with van der Waals surface area (Å²) in [5.41, 5.74) is 9.56. The Hall–Kier alpha value is -2.63. The smallest absolute Gasteiger partial charge is 0.225 e. The lowest BCUT2D eigenvalue weighted by Crippen LogP contribution is -2.12. The second-order valence-electron chi connectivity index (χ2n) is 4.77. The Morgan fingerprint density at radius 2 is 2.10 bits per heavy atom. The Labute approximate surface area is 116 Å². The lowest BCUT2D eigenvalue weighted by atomic mass is 10.2. The number of nitrogens with two attached hydrogens (primary N) is 1. The zero-order valence-corrected chi connectivity index (χ0v) is 11.4. The van der Waals surface area contributed by atoms with E-state index in [4.69, 9.17) is 5.73 Å². The lowest BCUT2D eigenvalue weighted by Gasteiger charge is -2.14. The summed E-state index contributed by atoms with van der Waals surface area (Å²) in [4.78, 5) is 16.1. The van der Waals surface area contributed by atoms with Crippen LogP contribution >= 0.6 is 0 Å². The van der Waals surface area contributed by atoms with Crippen molar-refractivity contribution >= 4 is 22.8 Å². The molecule has 6 heteroatoms. The van der Waals surface area contributed by atoms with Gasteiger partial charge in [-0.2, -0.15) is 4.98 Å². The normalized spacial score (nSPS) is 12.5. The van der Waals surface area contributed by atoms with Gasteiger partial charge in [-0.25, -0.2) is 9.97 Å². The fourth-order valence-corrected chi connectivity index (χ4v) is 1.98. The second-order valence-corrected chi connectivity index (χ2v) is 4.77. The lowest BCUT2D eigenvalue weighted by molar-refractivity contribution is 0.828. The molecule has 1 atom stereocenters. The van der Waals surface area contributed by atoms with Crippen LogP contribution in [0.5, 0.6) is 0 Å². The number of nitrogens with zero attached hydrogens (tertiary/aromatic N) is 3. The predicted molar refractivity (Wildman–Crippen MR) is 79.3 cm³/mol. The Balaban J connectivity index is 1.84. The van der Waals surface area contributed by atoms with Gasteiger partial charge in [-0.3, -0.25) is 0 Å². The minimum Gasteiger partial charge on any atom is -0.383 e. The van der Waals surface area contributed by atoms with E-state index in [9.17, 15) is 0 Å². The third-order valence-corrected chi connectivity index (χ3v) is 3.23. The summed E-state index contributed by atoms with van der Waals surface area (Å²) < 4.78 is 0. The number of nitrogens with one attached hydrogen (secondary N) is 2. The number of aromatic nitrogens is 4. The Morgan fingerprint density at radius 1 is 1.25 bits per heavy atom. The first kappa shape index (κ1) is 12.4. The summed E-state index contributed by atoms with van der Waals surface area (Å²) in [6.45, 7) is 3.89. The first-order valence-electron chi connectivity index (χ1n) is 6.43. The highest BCUT2D eigenvalue weighted by Gasteiger charge is 2.10. The van der Waals surface area contributed by atoms with Crippen molar-refractivity contribution in [3.63, 3.8) is 0 Å². The molecule has 0 amide bonds. The highest BCUT2D eigenvalue weighted by atomic mass is 15.1. The summed E-state index contributed by atoms with van der Waals surface area (Å²) in [6.07, 6.45) is 3.59. The fraction of sp³-hybridized carbons (Fsp3) is 0.214. The number of nitrogen functional groups attached to an aromatic ring is 1.